The van der Waals surface area contributed by atoms with Gasteiger partial charge in [0.2, 0.25) is 4.80 Å². The summed E-state index contributed by atoms with van der Waals surface area (Å²) in [5.74, 6) is 0. The smallest absolute Gasteiger partial charge is 0.211 e. The van der Waals surface area contributed by atoms with Gasteiger partial charge in [-0.3, -0.25) is 5.41 Å². The highest BCUT2D eigenvalue weighted by Crippen LogP contribution is 2.18. The maximum atomic E-state index is 8.12. The van der Waals surface area contributed by atoms with Crippen molar-refractivity contribution in [1.29, 1.82) is 5.41 Å². The van der Waals surface area contributed by atoms with Crippen LogP contribution in [-0.2, 0) is 7.05 Å². The van der Waals surface area contributed by atoms with Crippen LogP contribution in [0.25, 0.3) is 16.3 Å². The van der Waals surface area contributed by atoms with Crippen LogP contribution in [0.4, 0.5) is 0 Å². The zero-order chi connectivity index (χ0) is 15.8. The maximum absolute atomic E-state index is 8.12. The monoisotopic (exact) mass is 318 g/mol. The summed E-state index contributed by atoms with van der Waals surface area (Å²) in [6.07, 6.45) is 3.71. The average molecular weight is 318 g/mol. The van der Waals surface area contributed by atoms with E-state index in [2.05, 4.69) is 22.3 Å². The molecule has 0 spiro atoms. The number of hydrogen-bond donors (Lipinski definition) is 1. The minimum absolute atomic E-state index is 0.385. The highest BCUT2D eigenvalue weighted by atomic mass is 32.1. The van der Waals surface area contributed by atoms with Crippen LogP contribution in [0.1, 0.15) is 11.1 Å². The molecule has 0 radical (unpaired) electrons. The third-order valence-electron chi connectivity index (χ3n) is 3.85. The molecule has 0 atom stereocenters. The van der Waals surface area contributed by atoms with Crippen molar-refractivity contribution in [2.45, 2.75) is 0 Å². The van der Waals surface area contributed by atoms with Gasteiger partial charge in [-0.15, -0.1) is 10.2 Å². The lowest BCUT2D eigenvalue weighted by Crippen LogP contribution is -2.17. The van der Waals surface area contributed by atoms with E-state index >= 15 is 0 Å². The Bertz CT molecular complexity index is 1050. The van der Waals surface area contributed by atoms with E-state index in [0.29, 0.717) is 11.4 Å². The normalized spacial score (nSPS) is 16.3. The number of hydrogen-bond acceptors (Lipinski definition) is 4. The van der Waals surface area contributed by atoms with Crippen molar-refractivity contribution >= 4 is 39.1 Å². The summed E-state index contributed by atoms with van der Waals surface area (Å²) >= 11 is 1.60. The second-order valence-electron chi connectivity index (χ2n) is 5.29. The lowest BCUT2D eigenvalue weighted by atomic mass is 9.94. The number of nitrogens with one attached hydrogen (secondary N) is 1. The van der Waals surface area contributed by atoms with E-state index in [1.807, 2.05) is 54.1 Å². The highest BCUT2D eigenvalue weighted by Gasteiger charge is 2.15. The Hall–Kier alpha value is -2.79. The molecule has 5 heteroatoms. The van der Waals surface area contributed by atoms with Crippen molar-refractivity contribution in [2.24, 2.45) is 17.3 Å². The number of fused-ring (bicyclic) bond motifs is 2. The van der Waals surface area contributed by atoms with Crippen molar-refractivity contribution in [2.75, 3.05) is 0 Å². The molecule has 0 unspecified atom stereocenters. The summed E-state index contributed by atoms with van der Waals surface area (Å²) in [6.45, 7) is 0. The SMILES string of the molecule is Cn1/c(=N\N=C2\C(=N)C=Cc3ccccc32)sc2ccccc21. The first-order chi connectivity index (χ1) is 11.2. The van der Waals surface area contributed by atoms with Crippen molar-refractivity contribution in [3.8, 4) is 0 Å². The number of rotatable bonds is 1. The number of aromatic nitrogens is 1. The zero-order valence-electron chi connectivity index (χ0n) is 12.5. The van der Waals surface area contributed by atoms with Crippen LogP contribution in [0.15, 0.2) is 64.8 Å². The predicted molar refractivity (Wildman–Crippen MR) is 96.1 cm³/mol. The van der Waals surface area contributed by atoms with Crippen LogP contribution in [-0.4, -0.2) is 16.0 Å². The fourth-order valence-corrected chi connectivity index (χ4v) is 3.60. The second-order valence-corrected chi connectivity index (χ2v) is 6.30. The molecule has 4 nitrogen and oxygen atoms in total. The lowest BCUT2D eigenvalue weighted by Gasteiger charge is -2.11. The molecular weight excluding hydrogens is 304 g/mol. The van der Waals surface area contributed by atoms with Crippen molar-refractivity contribution < 1.29 is 0 Å². The van der Waals surface area contributed by atoms with Gasteiger partial charge in [0, 0.05) is 12.6 Å². The van der Waals surface area contributed by atoms with Gasteiger partial charge in [0.1, 0.15) is 5.71 Å². The first kappa shape index (κ1) is 13.8. The average Bonchev–Trinajstić information content (AvgIpc) is 2.90. The van der Waals surface area contributed by atoms with E-state index in [1.54, 1.807) is 17.4 Å². The maximum Gasteiger partial charge on any atom is 0.211 e. The molecule has 0 saturated heterocycles. The Labute approximate surface area is 137 Å². The Balaban J connectivity index is 1.88. The number of benzene rings is 2. The van der Waals surface area contributed by atoms with Crippen LogP contribution >= 0.6 is 11.3 Å². The Morgan fingerprint density at radius 1 is 0.957 bits per heavy atom. The summed E-state index contributed by atoms with van der Waals surface area (Å²) in [4.78, 5) is 0.818. The number of nitrogens with zero attached hydrogens (tertiary/aromatic N) is 3. The van der Waals surface area contributed by atoms with Gasteiger partial charge in [-0.25, -0.2) is 0 Å². The standard InChI is InChI=1S/C18H14N4S/c1-22-15-8-4-5-9-16(15)23-18(22)21-20-17-13-7-3-2-6-12(13)10-11-14(17)19/h2-11,19H,1H3/b19-14?,20-17+,21-18+. The van der Waals surface area contributed by atoms with Crippen LogP contribution in [0, 0.1) is 5.41 Å². The van der Waals surface area contributed by atoms with E-state index in [4.69, 9.17) is 5.41 Å². The Morgan fingerprint density at radius 2 is 1.74 bits per heavy atom. The van der Waals surface area contributed by atoms with E-state index in [1.165, 1.54) is 4.70 Å². The molecule has 1 aliphatic rings. The molecule has 23 heavy (non-hydrogen) atoms. The largest absolute Gasteiger partial charge is 0.318 e. The van der Waals surface area contributed by atoms with Gasteiger partial charge in [0.15, 0.2) is 0 Å². The molecule has 4 rings (SSSR count). The molecular formula is C18H14N4S. The fourth-order valence-electron chi connectivity index (χ4n) is 2.63. The van der Waals surface area contributed by atoms with Gasteiger partial charge in [-0.1, -0.05) is 53.8 Å². The topological polar surface area (TPSA) is 53.5 Å². The highest BCUT2D eigenvalue weighted by molar-refractivity contribution is 7.16. The lowest BCUT2D eigenvalue weighted by molar-refractivity contribution is 0.889. The second kappa shape index (κ2) is 5.44. The first-order valence-corrected chi connectivity index (χ1v) is 8.08. The van der Waals surface area contributed by atoms with Crippen molar-refractivity contribution in [3.05, 3.63) is 70.5 Å². The molecule has 1 N–H and O–H groups in total. The minimum Gasteiger partial charge on any atom is -0.318 e. The van der Waals surface area contributed by atoms with E-state index in [9.17, 15) is 0 Å². The zero-order valence-corrected chi connectivity index (χ0v) is 13.3. The number of aryl methyl sites for hydroxylation is 1. The van der Waals surface area contributed by atoms with Gasteiger partial charge >= 0.3 is 0 Å². The Morgan fingerprint density at radius 3 is 2.61 bits per heavy atom. The van der Waals surface area contributed by atoms with Crippen LogP contribution in [0.2, 0.25) is 0 Å². The van der Waals surface area contributed by atoms with Gasteiger partial charge in [0.25, 0.3) is 0 Å². The summed E-state index contributed by atoms with van der Waals surface area (Å²) in [5.41, 5.74) is 4.15. The van der Waals surface area contributed by atoms with E-state index in [0.717, 1.165) is 21.4 Å². The predicted octanol–water partition coefficient (Wildman–Crippen LogP) is 3.59. The number of thiazole rings is 1. The minimum atomic E-state index is 0.385. The summed E-state index contributed by atoms with van der Waals surface area (Å²) in [7, 11) is 1.98. The van der Waals surface area contributed by atoms with Gasteiger partial charge < -0.3 is 4.57 Å². The van der Waals surface area contributed by atoms with E-state index in [-0.39, 0.29) is 0 Å². The molecule has 0 saturated carbocycles. The molecule has 1 aliphatic carbocycles. The quantitative estimate of drug-likeness (QED) is 0.667. The van der Waals surface area contributed by atoms with Gasteiger partial charge in [-0.05, 0) is 23.8 Å². The number of para-hydroxylation sites is 1. The van der Waals surface area contributed by atoms with Gasteiger partial charge in [-0.2, -0.15) is 0 Å². The Kier molecular flexibility index (Phi) is 3.28. The molecule has 3 aromatic rings. The first-order valence-electron chi connectivity index (χ1n) is 7.27. The van der Waals surface area contributed by atoms with Crippen molar-refractivity contribution in [3.63, 3.8) is 0 Å². The molecule has 112 valence electrons. The van der Waals surface area contributed by atoms with Crippen LogP contribution in [0.3, 0.4) is 0 Å². The number of allylic oxidation sites excluding steroid dienone is 1. The molecule has 2 aromatic carbocycles. The molecule has 1 heterocycles. The molecule has 0 bridgehead atoms. The third-order valence-corrected chi connectivity index (χ3v) is 4.95. The fraction of sp³-hybridized carbons (Fsp3) is 0.0556. The van der Waals surface area contributed by atoms with Crippen LogP contribution < -0.4 is 4.80 Å². The third kappa shape index (κ3) is 2.35. The molecule has 1 aromatic heterocycles. The van der Waals surface area contributed by atoms with E-state index < -0.39 is 0 Å². The van der Waals surface area contributed by atoms with Gasteiger partial charge in [0.05, 0.1) is 15.9 Å². The summed E-state index contributed by atoms with van der Waals surface area (Å²) in [6, 6.07) is 16.1. The molecule has 0 fully saturated rings. The summed E-state index contributed by atoms with van der Waals surface area (Å²) < 4.78 is 3.20. The van der Waals surface area contributed by atoms with Crippen LogP contribution in [0.5, 0.6) is 0 Å². The van der Waals surface area contributed by atoms with Crippen molar-refractivity contribution in [1.82, 2.24) is 4.57 Å². The molecule has 0 aliphatic heterocycles. The molecule has 0 amide bonds. The summed E-state index contributed by atoms with van der Waals surface area (Å²) in [5, 5.41) is 16.9.